The highest BCUT2D eigenvalue weighted by Crippen LogP contribution is 2.44. The molecule has 1 fully saturated rings. The number of anilines is 1. The molecular formula is C20H21N5O2. The van der Waals surface area contributed by atoms with E-state index in [0.29, 0.717) is 29.1 Å². The fraction of sp³-hybridized carbons (Fsp3) is 0.350. The summed E-state index contributed by atoms with van der Waals surface area (Å²) in [7, 11) is 2.10. The second kappa shape index (κ2) is 6.06. The summed E-state index contributed by atoms with van der Waals surface area (Å²) in [6, 6.07) is 6.80. The summed E-state index contributed by atoms with van der Waals surface area (Å²) in [5.41, 5.74) is 3.87. The number of likely N-dealkylation sites (tertiary alicyclic amines) is 1. The minimum absolute atomic E-state index is 0.0777. The summed E-state index contributed by atoms with van der Waals surface area (Å²) in [5.74, 6) is 0.390. The van der Waals surface area contributed by atoms with Crippen LogP contribution in [0.2, 0.25) is 0 Å². The lowest BCUT2D eigenvalue weighted by molar-refractivity contribution is -0.605. The first-order chi connectivity index (χ1) is 13.1. The van der Waals surface area contributed by atoms with Crippen molar-refractivity contribution >= 4 is 22.6 Å². The van der Waals surface area contributed by atoms with Gasteiger partial charge in [-0.15, -0.1) is 0 Å². The number of nitrogens with zero attached hydrogens (tertiary/aromatic N) is 3. The summed E-state index contributed by atoms with van der Waals surface area (Å²) in [6.45, 7) is 0.701. The van der Waals surface area contributed by atoms with Crippen molar-refractivity contribution in [3.8, 4) is 0 Å². The molecule has 1 aliphatic carbocycles. The van der Waals surface area contributed by atoms with Gasteiger partial charge in [0.05, 0.1) is 12.1 Å². The first-order valence-corrected chi connectivity index (χ1v) is 9.25. The lowest BCUT2D eigenvalue weighted by Gasteiger charge is -2.45. The van der Waals surface area contributed by atoms with E-state index in [1.54, 1.807) is 0 Å². The number of amides is 1. The summed E-state index contributed by atoms with van der Waals surface area (Å²) in [4.78, 5) is 22.6. The highest BCUT2D eigenvalue weighted by atomic mass is 16.5. The molecule has 1 aromatic carbocycles. The van der Waals surface area contributed by atoms with Gasteiger partial charge in [-0.25, -0.2) is 4.98 Å². The molecule has 138 valence electrons. The number of piperidine rings is 1. The number of nitrogens with one attached hydrogen (secondary N) is 2. The third-order valence-corrected chi connectivity index (χ3v) is 6.02. The minimum atomic E-state index is -0.144. The molecule has 7 nitrogen and oxygen atoms in total. The van der Waals surface area contributed by atoms with Crippen LogP contribution in [0.1, 0.15) is 23.5 Å². The van der Waals surface area contributed by atoms with Crippen molar-refractivity contribution in [3.05, 3.63) is 59.3 Å². The number of H-pyrrole nitrogens is 1. The standard InChI is InChI=1S/C20H21N5O2/c1-24-10-13(20(26)23-18-11-25(27)6-5-21-18)7-15-14-3-2-4-16-19(14)12(9-22-16)8-17(15)24/h2-6,9,11,13,15,17,22H,7-8,10H2,1H3,(H,21,23,26)/t13-,15?,17-/m1/s1. The minimum Gasteiger partial charge on any atom is -0.619 e. The number of aromatic amines is 1. The number of fused-ring (bicyclic) bond motifs is 2. The summed E-state index contributed by atoms with van der Waals surface area (Å²) in [5, 5.41) is 15.5. The fourth-order valence-electron chi connectivity index (χ4n) is 4.80. The lowest BCUT2D eigenvalue weighted by Crippen LogP contribution is -2.50. The molecule has 27 heavy (non-hydrogen) atoms. The van der Waals surface area contributed by atoms with Gasteiger partial charge in [0.25, 0.3) is 0 Å². The Morgan fingerprint density at radius 2 is 2.33 bits per heavy atom. The van der Waals surface area contributed by atoms with Crippen molar-refractivity contribution < 1.29 is 9.52 Å². The van der Waals surface area contributed by atoms with Gasteiger partial charge in [-0.1, -0.05) is 12.1 Å². The van der Waals surface area contributed by atoms with E-state index < -0.39 is 0 Å². The average Bonchev–Trinajstić information content (AvgIpc) is 3.07. The molecule has 3 atom stereocenters. The normalized spacial score (nSPS) is 24.6. The van der Waals surface area contributed by atoms with Gasteiger partial charge in [-0.2, -0.15) is 4.73 Å². The molecule has 3 aromatic rings. The van der Waals surface area contributed by atoms with Crippen LogP contribution in [0.25, 0.3) is 10.9 Å². The number of hydrogen-bond donors (Lipinski definition) is 2. The summed E-state index contributed by atoms with van der Waals surface area (Å²) < 4.78 is 0.640. The molecule has 2 N–H and O–H groups in total. The predicted octanol–water partition coefficient (Wildman–Crippen LogP) is 1.79. The third-order valence-electron chi connectivity index (χ3n) is 6.02. The van der Waals surface area contributed by atoms with Gasteiger partial charge in [-0.3, -0.25) is 4.79 Å². The molecule has 1 unspecified atom stereocenters. The van der Waals surface area contributed by atoms with Crippen LogP contribution >= 0.6 is 0 Å². The van der Waals surface area contributed by atoms with Crippen LogP contribution in [0.3, 0.4) is 0 Å². The largest absolute Gasteiger partial charge is 0.619 e. The second-order valence-electron chi connectivity index (χ2n) is 7.62. The third kappa shape index (κ3) is 2.66. The number of rotatable bonds is 2. The number of likely N-dealkylation sites (N-methyl/N-ethyl adjacent to an activating group) is 1. The first-order valence-electron chi connectivity index (χ1n) is 9.25. The van der Waals surface area contributed by atoms with Gasteiger partial charge in [0.2, 0.25) is 12.1 Å². The Labute approximate surface area is 156 Å². The van der Waals surface area contributed by atoms with Crippen LogP contribution in [0.15, 0.2) is 43.0 Å². The van der Waals surface area contributed by atoms with Crippen LogP contribution in [-0.2, 0) is 11.2 Å². The van der Waals surface area contributed by atoms with Crippen LogP contribution in [-0.4, -0.2) is 40.4 Å². The highest BCUT2D eigenvalue weighted by Gasteiger charge is 2.41. The smallest absolute Gasteiger partial charge is 0.230 e. The Morgan fingerprint density at radius 1 is 1.44 bits per heavy atom. The monoisotopic (exact) mass is 363 g/mol. The summed E-state index contributed by atoms with van der Waals surface area (Å²) in [6.07, 6.45) is 7.89. The van der Waals surface area contributed by atoms with Crippen molar-refractivity contribution in [2.75, 3.05) is 18.9 Å². The highest BCUT2D eigenvalue weighted by molar-refractivity contribution is 5.92. The maximum atomic E-state index is 12.8. The van der Waals surface area contributed by atoms with E-state index in [1.807, 2.05) is 0 Å². The Bertz CT molecular complexity index is 1030. The fourth-order valence-corrected chi connectivity index (χ4v) is 4.80. The average molecular weight is 363 g/mol. The van der Waals surface area contributed by atoms with E-state index in [9.17, 15) is 10.0 Å². The molecule has 0 saturated carbocycles. The molecule has 2 aromatic heterocycles. The van der Waals surface area contributed by atoms with Gasteiger partial charge in [-0.05, 0) is 37.1 Å². The van der Waals surface area contributed by atoms with Crippen LogP contribution in [0.5, 0.6) is 0 Å². The molecular weight excluding hydrogens is 342 g/mol. The zero-order valence-corrected chi connectivity index (χ0v) is 15.1. The van der Waals surface area contributed by atoms with E-state index in [-0.39, 0.29) is 11.8 Å². The number of aromatic nitrogens is 3. The molecule has 3 heterocycles. The topological polar surface area (TPSA) is 88.0 Å². The molecule has 1 aliphatic heterocycles. The SMILES string of the molecule is CN1C[C@H](C(=O)Nc2c[n+]([O-])ccn2)CC2c3cccc4[nH]cc(c34)C[C@H]21. The lowest BCUT2D eigenvalue weighted by atomic mass is 9.72. The van der Waals surface area contributed by atoms with Crippen molar-refractivity contribution in [3.63, 3.8) is 0 Å². The van der Waals surface area contributed by atoms with E-state index in [2.05, 4.69) is 51.6 Å². The number of carbonyl (C=O) groups excluding carboxylic acids is 1. The van der Waals surface area contributed by atoms with Crippen LogP contribution < -0.4 is 10.0 Å². The molecule has 2 aliphatic rings. The summed E-state index contributed by atoms with van der Waals surface area (Å²) >= 11 is 0. The van der Waals surface area contributed by atoms with Crippen molar-refractivity contribution in [1.82, 2.24) is 14.9 Å². The molecule has 1 amide bonds. The van der Waals surface area contributed by atoms with Crippen molar-refractivity contribution in [1.29, 1.82) is 0 Å². The number of benzene rings is 1. The Kier molecular flexibility index (Phi) is 3.65. The maximum absolute atomic E-state index is 12.8. The molecule has 0 bridgehead atoms. The Hall–Kier alpha value is -2.93. The zero-order chi connectivity index (χ0) is 18.5. The van der Waals surface area contributed by atoms with Gasteiger partial charge in [0, 0.05) is 35.6 Å². The van der Waals surface area contributed by atoms with Crippen LogP contribution in [0.4, 0.5) is 5.82 Å². The molecule has 5 rings (SSSR count). The maximum Gasteiger partial charge on any atom is 0.230 e. The Morgan fingerprint density at radius 3 is 3.19 bits per heavy atom. The zero-order valence-electron chi connectivity index (χ0n) is 15.1. The van der Waals surface area contributed by atoms with Crippen molar-refractivity contribution in [2.45, 2.75) is 24.8 Å². The van der Waals surface area contributed by atoms with E-state index in [4.69, 9.17) is 0 Å². The van der Waals surface area contributed by atoms with E-state index >= 15 is 0 Å². The van der Waals surface area contributed by atoms with E-state index in [1.165, 1.54) is 40.6 Å². The first kappa shape index (κ1) is 16.3. The van der Waals surface area contributed by atoms with Gasteiger partial charge in [0.1, 0.15) is 0 Å². The predicted molar refractivity (Wildman–Crippen MR) is 101 cm³/mol. The van der Waals surface area contributed by atoms with Gasteiger partial charge in [0.15, 0.2) is 12.0 Å². The Balaban J connectivity index is 1.43. The number of hydrogen-bond acceptors (Lipinski definition) is 4. The quantitative estimate of drug-likeness (QED) is 0.537. The second-order valence-corrected chi connectivity index (χ2v) is 7.62. The molecule has 1 saturated heterocycles. The van der Waals surface area contributed by atoms with Crippen LogP contribution in [0, 0.1) is 11.1 Å². The van der Waals surface area contributed by atoms with Gasteiger partial charge < -0.3 is 20.4 Å². The van der Waals surface area contributed by atoms with Crippen molar-refractivity contribution in [2.24, 2.45) is 5.92 Å². The van der Waals surface area contributed by atoms with E-state index in [0.717, 1.165) is 12.8 Å². The van der Waals surface area contributed by atoms with Gasteiger partial charge >= 0.3 is 0 Å². The molecule has 0 spiro atoms. The number of carbonyl (C=O) groups is 1. The molecule has 0 radical (unpaired) electrons. The molecule has 7 heteroatoms.